The monoisotopic (exact) mass is 585 g/mol. The van der Waals surface area contributed by atoms with E-state index in [-0.39, 0.29) is 28.6 Å². The first kappa shape index (κ1) is 28.0. The number of aliphatic hydroxyl groups excluding tert-OH is 1. The Balaban J connectivity index is 1.64. The van der Waals surface area contributed by atoms with E-state index in [0.717, 1.165) is 28.4 Å². The van der Waals surface area contributed by atoms with Gasteiger partial charge < -0.3 is 20.3 Å². The summed E-state index contributed by atoms with van der Waals surface area (Å²) in [4.78, 5) is 39.6. The standard InChI is InChI=1S/C20H23N7O8S3/c1-35-20(22-15(29)14(28)10-5-3-2-4-6-10)17(32)27-13(16(30)31)11(9-36-18(20)27)12(7-8-38(21,33)34)37-19-23-25-26-24-19/h2-6,12,14,18,28H,7-9H2,1H3,(H,22,29)(H,30,31)(H2,21,33,34)(H,23,24,25,26)/t12?,14?,18-,20+/m0/s1. The number of fused-ring (bicyclic) bond motifs is 1. The summed E-state index contributed by atoms with van der Waals surface area (Å²) in [7, 11) is -2.70. The third-order valence-electron chi connectivity index (χ3n) is 5.89. The van der Waals surface area contributed by atoms with Gasteiger partial charge in [0.2, 0.25) is 15.2 Å². The fourth-order valence-electron chi connectivity index (χ4n) is 4.10. The van der Waals surface area contributed by atoms with Gasteiger partial charge in [-0.15, -0.1) is 16.9 Å². The van der Waals surface area contributed by atoms with Crippen LogP contribution in [-0.2, 0) is 29.1 Å². The molecule has 1 aromatic carbocycles. The number of benzene rings is 1. The Morgan fingerprint density at radius 2 is 2.11 bits per heavy atom. The number of carboxylic acid groups (broad SMARTS) is 1. The van der Waals surface area contributed by atoms with E-state index in [9.17, 15) is 33.0 Å². The van der Waals surface area contributed by atoms with Crippen LogP contribution in [0.5, 0.6) is 0 Å². The van der Waals surface area contributed by atoms with Crippen LogP contribution in [-0.4, -0.2) is 96.9 Å². The van der Waals surface area contributed by atoms with Crippen molar-refractivity contribution in [3.05, 3.63) is 47.2 Å². The lowest BCUT2D eigenvalue weighted by molar-refractivity contribution is -0.194. The van der Waals surface area contributed by atoms with Gasteiger partial charge in [0.25, 0.3) is 17.5 Å². The lowest BCUT2D eigenvalue weighted by Gasteiger charge is -2.56. The third-order valence-corrected chi connectivity index (χ3v) is 9.23. The smallest absolute Gasteiger partial charge is 0.352 e. The minimum absolute atomic E-state index is 0.0438. The number of carbonyl (C=O) groups excluding carboxylic acids is 2. The number of sulfonamides is 1. The predicted molar refractivity (Wildman–Crippen MR) is 133 cm³/mol. The van der Waals surface area contributed by atoms with Crippen molar-refractivity contribution in [2.75, 3.05) is 18.6 Å². The van der Waals surface area contributed by atoms with Crippen LogP contribution in [0.25, 0.3) is 0 Å². The van der Waals surface area contributed by atoms with Gasteiger partial charge in [-0.1, -0.05) is 42.1 Å². The number of amides is 2. The molecule has 0 bridgehead atoms. The number of nitrogens with two attached hydrogens (primary N) is 1. The average molecular weight is 586 g/mol. The number of carbonyl (C=O) groups is 3. The van der Waals surface area contributed by atoms with Crippen molar-refractivity contribution < 1.29 is 37.8 Å². The van der Waals surface area contributed by atoms with Crippen molar-refractivity contribution in [2.24, 2.45) is 5.14 Å². The molecule has 6 N–H and O–H groups in total. The summed E-state index contributed by atoms with van der Waals surface area (Å²) < 4.78 is 28.7. The van der Waals surface area contributed by atoms with Gasteiger partial charge in [-0.3, -0.25) is 14.5 Å². The molecule has 0 aliphatic carbocycles. The molecule has 1 saturated heterocycles. The molecule has 2 aromatic rings. The summed E-state index contributed by atoms with van der Waals surface area (Å²) >= 11 is 2.10. The molecule has 18 heteroatoms. The second kappa shape index (κ2) is 11.0. The van der Waals surface area contributed by atoms with Crippen molar-refractivity contribution in [2.45, 2.75) is 34.0 Å². The number of carboxylic acids is 1. The Hall–Kier alpha value is -3.03. The number of ether oxygens (including phenoxy) is 1. The van der Waals surface area contributed by atoms with E-state index < -0.39 is 56.0 Å². The highest BCUT2D eigenvalue weighted by Gasteiger charge is 2.67. The summed E-state index contributed by atoms with van der Waals surface area (Å²) in [6.07, 6.45) is -1.68. The van der Waals surface area contributed by atoms with Crippen LogP contribution >= 0.6 is 23.5 Å². The molecule has 204 valence electrons. The summed E-state index contributed by atoms with van der Waals surface area (Å²) in [6, 6.07) is 8.05. The molecule has 4 atom stereocenters. The van der Waals surface area contributed by atoms with Crippen molar-refractivity contribution in [1.29, 1.82) is 0 Å². The average Bonchev–Trinajstić information content (AvgIpc) is 3.41. The topological polar surface area (TPSA) is 231 Å². The number of hydrogen-bond acceptors (Lipinski definition) is 12. The maximum Gasteiger partial charge on any atom is 0.352 e. The first-order valence-corrected chi connectivity index (χ1v) is 14.6. The van der Waals surface area contributed by atoms with E-state index in [0.29, 0.717) is 5.56 Å². The van der Waals surface area contributed by atoms with Gasteiger partial charge in [0.05, 0.1) is 5.75 Å². The molecule has 3 heterocycles. The first-order valence-electron chi connectivity index (χ1n) is 10.9. The van der Waals surface area contributed by atoms with E-state index in [4.69, 9.17) is 9.88 Å². The first-order chi connectivity index (χ1) is 18.0. The largest absolute Gasteiger partial charge is 0.477 e. The van der Waals surface area contributed by atoms with E-state index >= 15 is 0 Å². The fraction of sp³-hybridized carbons (Fsp3) is 0.400. The molecule has 2 amide bonds. The van der Waals surface area contributed by atoms with Gasteiger partial charge in [-0.25, -0.2) is 23.4 Å². The molecule has 2 unspecified atom stereocenters. The summed E-state index contributed by atoms with van der Waals surface area (Å²) in [6.45, 7) is 0. The molecule has 15 nitrogen and oxygen atoms in total. The normalized spacial score (nSPS) is 22.9. The van der Waals surface area contributed by atoms with Crippen LogP contribution in [0.3, 0.4) is 0 Å². The molecule has 1 fully saturated rings. The van der Waals surface area contributed by atoms with Gasteiger partial charge >= 0.3 is 5.97 Å². The second-order valence-electron chi connectivity index (χ2n) is 8.23. The number of β-lactam (4-membered cyclic amide) rings is 1. The number of hydrogen-bond donors (Lipinski definition) is 5. The van der Waals surface area contributed by atoms with Crippen LogP contribution in [0, 0.1) is 0 Å². The number of aromatic nitrogens is 4. The highest BCUT2D eigenvalue weighted by molar-refractivity contribution is 8.01. The molecular weight excluding hydrogens is 562 g/mol. The number of methoxy groups -OCH3 is 1. The zero-order chi connectivity index (χ0) is 27.7. The van der Waals surface area contributed by atoms with E-state index in [1.54, 1.807) is 18.2 Å². The Labute approximate surface area is 224 Å². The molecule has 0 spiro atoms. The molecule has 2 aliphatic rings. The maximum atomic E-state index is 13.4. The quantitative estimate of drug-likeness (QED) is 0.118. The molecular formula is C20H23N7O8S3. The SMILES string of the molecule is CO[C@]1(NC(=O)C(O)c2ccccc2)C(=O)N2C(C(=O)O)=C(C(CCS(N)(=O)=O)Sc3nnn[nH]3)CS[C@H]21. The van der Waals surface area contributed by atoms with Crippen LogP contribution in [0.15, 0.2) is 46.8 Å². The molecule has 0 radical (unpaired) electrons. The highest BCUT2D eigenvalue weighted by Crippen LogP contribution is 2.49. The van der Waals surface area contributed by atoms with Gasteiger partial charge in [0.15, 0.2) is 6.10 Å². The van der Waals surface area contributed by atoms with Gasteiger partial charge in [-0.2, -0.15) is 0 Å². The maximum absolute atomic E-state index is 13.4. The Bertz CT molecular complexity index is 1360. The summed E-state index contributed by atoms with van der Waals surface area (Å²) in [5, 5.41) is 39.8. The molecule has 2 aliphatic heterocycles. The van der Waals surface area contributed by atoms with Crippen molar-refractivity contribution in [1.82, 2.24) is 30.8 Å². The second-order valence-corrected chi connectivity index (χ2v) is 12.2. The number of nitrogens with zero attached hydrogens (tertiary/aromatic N) is 4. The number of H-pyrrole nitrogens is 1. The van der Waals surface area contributed by atoms with E-state index in [2.05, 4.69) is 25.9 Å². The third kappa shape index (κ3) is 5.40. The Kier molecular flexibility index (Phi) is 8.09. The number of nitrogens with one attached hydrogen (secondary N) is 2. The zero-order valence-electron chi connectivity index (χ0n) is 19.7. The van der Waals surface area contributed by atoms with E-state index in [1.165, 1.54) is 19.2 Å². The van der Waals surface area contributed by atoms with Crippen LogP contribution < -0.4 is 10.5 Å². The zero-order valence-corrected chi connectivity index (χ0v) is 22.1. The number of aromatic amines is 1. The van der Waals surface area contributed by atoms with Crippen LogP contribution in [0.4, 0.5) is 0 Å². The Morgan fingerprint density at radius 3 is 2.68 bits per heavy atom. The highest BCUT2D eigenvalue weighted by atomic mass is 32.2. The van der Waals surface area contributed by atoms with Crippen molar-refractivity contribution in [3.63, 3.8) is 0 Å². The van der Waals surface area contributed by atoms with Crippen molar-refractivity contribution >= 4 is 51.3 Å². The molecule has 4 rings (SSSR count). The fourth-order valence-corrected chi connectivity index (χ4v) is 7.45. The van der Waals surface area contributed by atoms with Crippen LogP contribution in [0.2, 0.25) is 0 Å². The number of tetrazole rings is 1. The van der Waals surface area contributed by atoms with Crippen LogP contribution in [0.1, 0.15) is 18.1 Å². The Morgan fingerprint density at radius 1 is 1.39 bits per heavy atom. The molecule has 38 heavy (non-hydrogen) atoms. The summed E-state index contributed by atoms with van der Waals surface area (Å²) in [5.74, 6) is -3.62. The van der Waals surface area contributed by atoms with Gasteiger partial charge in [0, 0.05) is 18.1 Å². The minimum Gasteiger partial charge on any atom is -0.477 e. The lowest BCUT2D eigenvalue weighted by atomic mass is 9.96. The minimum atomic E-state index is -3.89. The predicted octanol–water partition coefficient (Wildman–Crippen LogP) is -1.21. The van der Waals surface area contributed by atoms with E-state index in [1.807, 2.05) is 0 Å². The summed E-state index contributed by atoms with van der Waals surface area (Å²) in [5.41, 5.74) is -1.76. The van der Waals surface area contributed by atoms with Gasteiger partial charge in [0.1, 0.15) is 11.1 Å². The number of rotatable bonds is 11. The lowest BCUT2D eigenvalue weighted by Crippen LogP contribution is -2.81. The number of thioether (sulfide) groups is 2. The molecule has 1 aromatic heterocycles. The number of aliphatic hydroxyl groups is 1. The number of primary sulfonamides is 1. The molecule has 0 saturated carbocycles. The van der Waals surface area contributed by atoms with Crippen molar-refractivity contribution in [3.8, 4) is 0 Å². The number of aliphatic carboxylic acids is 1. The van der Waals surface area contributed by atoms with Gasteiger partial charge in [-0.05, 0) is 28.0 Å².